The number of nitrogens with zero attached hydrogens (tertiary/aromatic N) is 8. The van der Waals surface area contributed by atoms with Crippen molar-refractivity contribution in [1.29, 1.82) is 0 Å². The maximum atomic E-state index is 11.7. The Balaban J connectivity index is 0.000000348. The highest BCUT2D eigenvalue weighted by molar-refractivity contribution is 7.52. The molecule has 4 aliphatic rings. The molecular weight excluding hydrogens is 1090 g/mol. The number of nitrogens with one attached hydrogen (secondary N) is 2. The first kappa shape index (κ1) is 67.2. The molecule has 25 nitrogen and oxygen atoms in total. The molecule has 6 rings (SSSR count). The average molecular weight is 1180 g/mol. The zero-order chi connectivity index (χ0) is 55.6. The maximum absolute atomic E-state index is 11.7. The molecule has 2 aromatic rings. The van der Waals surface area contributed by atoms with E-state index in [1.165, 1.54) is 88.9 Å². The van der Waals surface area contributed by atoms with Crippen LogP contribution in [0, 0.1) is 0 Å². The van der Waals surface area contributed by atoms with Crippen LogP contribution < -0.4 is 10.6 Å². The molecule has 0 aliphatic carbocycles. The second kappa shape index (κ2) is 34.8. The minimum Gasteiger partial charge on any atom is -0.324 e. The minimum absolute atomic E-state index is 0.251. The monoisotopic (exact) mass is 1180 g/mol. The van der Waals surface area contributed by atoms with Gasteiger partial charge in [0, 0.05) is 135 Å². The van der Waals surface area contributed by atoms with E-state index in [0.29, 0.717) is 65.4 Å². The molecule has 0 atom stereocenters. The molecule has 0 amide bonds. The van der Waals surface area contributed by atoms with E-state index < -0.39 is 63.8 Å². The Morgan fingerprint density at radius 3 is 0.842 bits per heavy atom. The number of hydrogen-bond acceptors (Lipinski definition) is 15. The number of benzene rings is 2. The highest BCUT2D eigenvalue weighted by Crippen LogP contribution is 2.38. The molecule has 0 aromatic heterocycles. The smallest absolute Gasteiger partial charge is 0.324 e. The lowest BCUT2D eigenvalue weighted by Crippen LogP contribution is -2.36. The largest absolute Gasteiger partial charge is 0.692 e. The van der Waals surface area contributed by atoms with Crippen molar-refractivity contribution < 1.29 is 71.8 Å². The van der Waals surface area contributed by atoms with Crippen LogP contribution in [0.2, 0.25) is 0 Å². The highest BCUT2D eigenvalue weighted by atomic mass is 31.2. The molecule has 0 radical (unpaired) electrons. The fourth-order valence-corrected chi connectivity index (χ4v) is 13.0. The van der Waals surface area contributed by atoms with Gasteiger partial charge in [-0.05, 0) is 74.1 Å². The molecule has 436 valence electrons. The van der Waals surface area contributed by atoms with Crippen molar-refractivity contribution in [3.05, 3.63) is 70.8 Å². The Hall–Kier alpha value is -1.34. The molecule has 76 heavy (non-hydrogen) atoms. The molecule has 4 aliphatic heterocycles. The molecule has 0 spiro atoms. The van der Waals surface area contributed by atoms with Gasteiger partial charge in [0.05, 0.1) is 0 Å². The first-order valence-electron chi connectivity index (χ1n) is 26.2. The molecule has 12 N–H and O–H groups in total. The summed E-state index contributed by atoms with van der Waals surface area (Å²) < 4.78 is 55.5. The fourth-order valence-electron chi connectivity index (χ4n) is 9.77. The third-order valence-corrected chi connectivity index (χ3v) is 16.5. The van der Waals surface area contributed by atoms with Gasteiger partial charge in [-0.25, -0.2) is 0 Å². The molecule has 30 heteroatoms. The normalized spacial score (nSPS) is 20.9. The lowest BCUT2D eigenvalue weighted by Gasteiger charge is -2.27. The van der Waals surface area contributed by atoms with Crippen molar-refractivity contribution in [3.8, 4) is 0 Å². The molecule has 2 aromatic carbocycles. The molecule has 4 heterocycles. The topological polar surface area (TPSA) is 338 Å². The van der Waals surface area contributed by atoms with Crippen LogP contribution in [0.4, 0.5) is 0 Å². The quantitative estimate of drug-likeness (QED) is 0.106. The van der Waals surface area contributed by atoms with Crippen molar-refractivity contribution in [1.82, 2.24) is 49.8 Å². The molecule has 0 unspecified atom stereocenters. The van der Waals surface area contributed by atoms with Crippen molar-refractivity contribution in [3.63, 3.8) is 0 Å². The van der Waals surface area contributed by atoms with Crippen molar-refractivity contribution in [2.75, 3.05) is 156 Å². The Morgan fingerprint density at radius 1 is 0.355 bits per heavy atom. The van der Waals surface area contributed by atoms with E-state index in [0.717, 1.165) is 37.3 Å². The van der Waals surface area contributed by atoms with Crippen LogP contribution >= 0.6 is 38.6 Å². The van der Waals surface area contributed by atoms with Crippen LogP contribution in [-0.4, -0.2) is 244 Å². The van der Waals surface area contributed by atoms with Gasteiger partial charge in [-0.3, -0.25) is 57.5 Å². The third kappa shape index (κ3) is 32.8. The fraction of sp³-hybridized carbons (Fsp3) is 0.739. The zero-order valence-corrected chi connectivity index (χ0v) is 48.5. The van der Waals surface area contributed by atoms with E-state index in [1.54, 1.807) is 19.6 Å². The summed E-state index contributed by atoms with van der Waals surface area (Å²) in [6, 6.07) is 17.1. The number of hydrogen-bond donors (Lipinski definition) is 12. The second-order valence-electron chi connectivity index (χ2n) is 20.3. The summed E-state index contributed by atoms with van der Waals surface area (Å²) in [5.74, 6) is 0. The molecule has 0 bridgehead atoms. The third-order valence-electron chi connectivity index (χ3n) is 13.4. The summed E-state index contributed by atoms with van der Waals surface area (Å²) in [5.41, 5.74) is 4.86. The molecule has 4 saturated heterocycles. The maximum Gasteiger partial charge on any atom is 0.692 e. The van der Waals surface area contributed by atoms with Gasteiger partial charge in [-0.2, -0.15) is 0 Å². The van der Waals surface area contributed by atoms with Gasteiger partial charge in [0.1, 0.15) is 25.1 Å². The van der Waals surface area contributed by atoms with Crippen LogP contribution in [-0.2, 0) is 49.0 Å². The Labute approximate surface area is 450 Å². The Kier molecular flexibility index (Phi) is 30.8. The van der Waals surface area contributed by atoms with Crippen LogP contribution in [0.3, 0.4) is 0 Å². The summed E-state index contributed by atoms with van der Waals surface area (Å²) in [6.07, 6.45) is 6.23. The predicted octanol–water partition coefficient (Wildman–Crippen LogP) is 1.53. The Morgan fingerprint density at radius 2 is 0.592 bits per heavy atom. The summed E-state index contributed by atoms with van der Waals surface area (Å²) in [5, 5.41) is 7.14. The SMILES string of the molecule is O=P(O)(O)CN1CCN(Cc2cccc(CN3CCN(CP(=O)(O)O)CCN(CP(=O)(O)O)CC3)c2)CCN(CP(=O)(O)O)CC1.O=[P+](O)O.c1cc(CN2CCCCCNCC2)cc(CN2CCCCCNCC2)c1. The van der Waals surface area contributed by atoms with Crippen molar-refractivity contribution in [2.45, 2.75) is 64.7 Å². The van der Waals surface area contributed by atoms with Crippen molar-refractivity contribution >= 4 is 38.6 Å². The average Bonchev–Trinajstić information content (AvgIpc) is 3.60. The van der Waals surface area contributed by atoms with Crippen LogP contribution in [0.15, 0.2) is 48.5 Å². The first-order valence-corrected chi connectivity index (χ1v) is 34.6. The second-order valence-corrected chi connectivity index (χ2v) is 27.3. The predicted molar refractivity (Wildman–Crippen MR) is 293 cm³/mol. The van der Waals surface area contributed by atoms with E-state index in [2.05, 4.69) is 54.5 Å². The molecule has 0 saturated carbocycles. The van der Waals surface area contributed by atoms with Gasteiger partial charge < -0.3 is 49.8 Å². The van der Waals surface area contributed by atoms with Gasteiger partial charge in [-0.15, -0.1) is 9.79 Å². The van der Waals surface area contributed by atoms with Crippen LogP contribution in [0.25, 0.3) is 0 Å². The van der Waals surface area contributed by atoms with Gasteiger partial charge in [0.2, 0.25) is 0 Å². The summed E-state index contributed by atoms with van der Waals surface area (Å²) in [7, 11) is -20.2. The molecular formula is C46H88N10O15P5+. The standard InChI is InChI=1S/C24H48N6O12P4.C22H38N4.HO3P/c31-43(32,33)19-27-8-4-25(5-9-28(13-12-27)20-44(34,35)36)17-23-2-1-3-24(16-23)18-26-6-10-29(21-45(37,38)39)14-15-30(11-7-26)22-46(40,41)42;1-3-10-23-12-16-25(14-5-1)19-21-8-7-9-22(18-21)20-26-15-6-2-4-11-24-13-17-26;1-4(2)3/h1-3,16H,4-15,17-22H2,(H2,31,32,33)(H2,34,35,36)(H2,37,38,39)(H2,40,41,42);7-9,18,23-24H,1-6,10-17,19-20H2;(H-,1,2,3)/p+1. The van der Waals surface area contributed by atoms with Gasteiger partial charge in [0.25, 0.3) is 0 Å². The van der Waals surface area contributed by atoms with Gasteiger partial charge >= 0.3 is 38.6 Å². The highest BCUT2D eigenvalue weighted by Gasteiger charge is 2.28. The summed E-state index contributed by atoms with van der Waals surface area (Å²) in [4.78, 5) is 106. The molecule has 4 fully saturated rings. The zero-order valence-electron chi connectivity index (χ0n) is 44.0. The van der Waals surface area contributed by atoms with Crippen molar-refractivity contribution in [2.24, 2.45) is 0 Å². The van der Waals surface area contributed by atoms with Gasteiger partial charge in [0.15, 0.2) is 0 Å². The lowest BCUT2D eigenvalue weighted by atomic mass is 10.1. The van der Waals surface area contributed by atoms with E-state index >= 15 is 0 Å². The minimum atomic E-state index is -4.34. The van der Waals surface area contributed by atoms with E-state index in [9.17, 15) is 57.4 Å². The van der Waals surface area contributed by atoms with E-state index in [1.807, 2.05) is 24.3 Å². The van der Waals surface area contributed by atoms with Crippen LogP contribution in [0.5, 0.6) is 0 Å². The summed E-state index contributed by atoms with van der Waals surface area (Å²) in [6.45, 7) is 16.9. The summed E-state index contributed by atoms with van der Waals surface area (Å²) >= 11 is 0. The first-order chi connectivity index (χ1) is 35.8. The van der Waals surface area contributed by atoms with E-state index in [4.69, 9.17) is 14.4 Å². The van der Waals surface area contributed by atoms with E-state index in [-0.39, 0.29) is 26.2 Å². The van der Waals surface area contributed by atoms with Gasteiger partial charge in [-0.1, -0.05) is 61.4 Å². The Bertz CT molecular complexity index is 1960. The lowest BCUT2D eigenvalue weighted by molar-refractivity contribution is 0.214. The van der Waals surface area contributed by atoms with Crippen LogP contribution in [0.1, 0.15) is 60.8 Å². The number of rotatable bonds is 16.